The molecule has 6 nitrogen and oxygen atoms in total. The molecule has 8 heteroatoms. The number of morpholine rings is 1. The maximum absolute atomic E-state index is 6.06. The number of nitrogens with one attached hydrogen (secondary N) is 2. The van der Waals surface area contributed by atoms with Crippen LogP contribution in [-0.4, -0.2) is 69.5 Å². The highest BCUT2D eigenvalue weighted by molar-refractivity contribution is 14.0. The number of rotatable bonds is 5. The number of guanidine groups is 1. The molecule has 3 heterocycles. The van der Waals surface area contributed by atoms with Crippen molar-refractivity contribution in [3.8, 4) is 0 Å². The SMILES string of the molecule is CN=C(NCC(c1cccs1)N1CCOCC1)NC1C2CCOC2C12CCC2.I. The first kappa shape index (κ1) is 21.8. The Labute approximate surface area is 194 Å². The lowest BCUT2D eigenvalue weighted by atomic mass is 9.46. The van der Waals surface area contributed by atoms with Crippen LogP contribution in [0.15, 0.2) is 22.5 Å². The maximum atomic E-state index is 6.06. The molecule has 2 saturated carbocycles. The van der Waals surface area contributed by atoms with Gasteiger partial charge >= 0.3 is 0 Å². The quantitative estimate of drug-likeness (QED) is 0.347. The third-order valence-corrected chi connectivity index (χ3v) is 8.35. The number of hydrogen-bond donors (Lipinski definition) is 2. The Bertz CT molecular complexity index is 691. The Balaban J connectivity index is 0.00000205. The van der Waals surface area contributed by atoms with Crippen molar-refractivity contribution in [2.75, 3.05) is 46.5 Å². The molecule has 4 aliphatic rings. The molecule has 0 radical (unpaired) electrons. The Morgan fingerprint density at radius 3 is 2.83 bits per heavy atom. The molecule has 2 saturated heterocycles. The predicted octanol–water partition coefficient (Wildman–Crippen LogP) is 2.86. The molecule has 29 heavy (non-hydrogen) atoms. The smallest absolute Gasteiger partial charge is 0.191 e. The van der Waals surface area contributed by atoms with Gasteiger partial charge in [-0.2, -0.15) is 0 Å². The van der Waals surface area contributed by atoms with E-state index in [1.807, 2.05) is 18.4 Å². The summed E-state index contributed by atoms with van der Waals surface area (Å²) >= 11 is 1.84. The minimum Gasteiger partial charge on any atom is -0.379 e. The van der Waals surface area contributed by atoms with Crippen LogP contribution in [0.3, 0.4) is 0 Å². The van der Waals surface area contributed by atoms with Gasteiger partial charge in [0.1, 0.15) is 0 Å². The molecule has 4 fully saturated rings. The topological polar surface area (TPSA) is 58.1 Å². The lowest BCUT2D eigenvalue weighted by Gasteiger charge is -2.63. The normalized spacial score (nSPS) is 31.9. The zero-order chi connectivity index (χ0) is 19.0. The van der Waals surface area contributed by atoms with Crippen LogP contribution in [-0.2, 0) is 9.47 Å². The molecule has 0 bridgehead atoms. The van der Waals surface area contributed by atoms with Crippen LogP contribution < -0.4 is 10.6 Å². The van der Waals surface area contributed by atoms with Crippen LogP contribution in [0.25, 0.3) is 0 Å². The van der Waals surface area contributed by atoms with E-state index in [1.54, 1.807) is 0 Å². The highest BCUT2D eigenvalue weighted by Crippen LogP contribution is 2.62. The standard InChI is InChI=1S/C21H32N4O2S.HI/c1-22-20(24-18-15-5-10-27-19(15)21(18)6-3-7-21)23-14-16(17-4-2-13-28-17)25-8-11-26-12-9-25;/h2,4,13,15-16,18-19H,3,5-12,14H2,1H3,(H2,22,23,24);1H. The van der Waals surface area contributed by atoms with E-state index in [-0.39, 0.29) is 24.0 Å². The van der Waals surface area contributed by atoms with Crippen molar-refractivity contribution < 1.29 is 9.47 Å². The monoisotopic (exact) mass is 532 g/mol. The summed E-state index contributed by atoms with van der Waals surface area (Å²) in [7, 11) is 1.89. The van der Waals surface area contributed by atoms with E-state index in [9.17, 15) is 0 Å². The van der Waals surface area contributed by atoms with Gasteiger partial charge in [-0.1, -0.05) is 12.5 Å². The first-order valence-corrected chi connectivity index (χ1v) is 11.6. The fourth-order valence-corrected chi connectivity index (χ4v) is 6.63. The van der Waals surface area contributed by atoms with Crippen LogP contribution in [0.5, 0.6) is 0 Å². The zero-order valence-corrected chi connectivity index (χ0v) is 20.3. The average Bonchev–Trinajstić information content (AvgIpc) is 3.35. The highest BCUT2D eigenvalue weighted by atomic mass is 127. The van der Waals surface area contributed by atoms with Crippen LogP contribution in [0, 0.1) is 11.3 Å². The van der Waals surface area contributed by atoms with E-state index < -0.39 is 0 Å². The second kappa shape index (κ2) is 9.38. The first-order valence-electron chi connectivity index (χ1n) is 10.8. The van der Waals surface area contributed by atoms with Crippen molar-refractivity contribution in [2.24, 2.45) is 16.3 Å². The molecule has 2 aliphatic heterocycles. The van der Waals surface area contributed by atoms with Gasteiger partial charge in [0.05, 0.1) is 25.4 Å². The van der Waals surface area contributed by atoms with E-state index in [0.717, 1.165) is 45.4 Å². The third-order valence-electron chi connectivity index (χ3n) is 7.37. The Morgan fingerprint density at radius 2 is 2.17 bits per heavy atom. The summed E-state index contributed by atoms with van der Waals surface area (Å²) in [5.41, 5.74) is 0.371. The summed E-state index contributed by atoms with van der Waals surface area (Å²) in [5, 5.41) is 9.60. The minimum atomic E-state index is 0. The second-order valence-electron chi connectivity index (χ2n) is 8.59. The summed E-state index contributed by atoms with van der Waals surface area (Å²) in [6.07, 6.45) is 5.62. The predicted molar refractivity (Wildman–Crippen MR) is 127 cm³/mol. The number of hydrogen-bond acceptors (Lipinski definition) is 5. The number of thiophene rings is 1. The van der Waals surface area contributed by atoms with E-state index >= 15 is 0 Å². The van der Waals surface area contributed by atoms with Gasteiger partial charge in [0, 0.05) is 55.5 Å². The van der Waals surface area contributed by atoms with Crippen LogP contribution in [0.2, 0.25) is 0 Å². The Kier molecular flexibility index (Phi) is 7.05. The third kappa shape index (κ3) is 3.95. The molecule has 1 spiro atoms. The lowest BCUT2D eigenvalue weighted by molar-refractivity contribution is -0.171. The Morgan fingerprint density at radius 1 is 1.34 bits per heavy atom. The van der Waals surface area contributed by atoms with Gasteiger partial charge in [-0.25, -0.2) is 0 Å². The fraction of sp³-hybridized carbons (Fsp3) is 0.762. The summed E-state index contributed by atoms with van der Waals surface area (Å²) in [4.78, 5) is 8.51. The lowest BCUT2D eigenvalue weighted by Crippen LogP contribution is -2.72. The number of ether oxygens (including phenoxy) is 2. The zero-order valence-electron chi connectivity index (χ0n) is 17.1. The van der Waals surface area contributed by atoms with Crippen LogP contribution in [0.4, 0.5) is 0 Å². The van der Waals surface area contributed by atoms with Crippen molar-refractivity contribution in [1.29, 1.82) is 0 Å². The van der Waals surface area contributed by atoms with Gasteiger partial charge in [-0.3, -0.25) is 9.89 Å². The van der Waals surface area contributed by atoms with Gasteiger partial charge in [0.2, 0.25) is 0 Å². The van der Waals surface area contributed by atoms with E-state index in [1.165, 1.54) is 30.6 Å². The van der Waals surface area contributed by atoms with E-state index in [4.69, 9.17) is 9.47 Å². The molecular weight excluding hydrogens is 499 g/mol. The van der Waals surface area contributed by atoms with Gasteiger partial charge in [-0.05, 0) is 30.7 Å². The highest BCUT2D eigenvalue weighted by Gasteiger charge is 2.66. The van der Waals surface area contributed by atoms with E-state index in [0.29, 0.717) is 29.5 Å². The molecule has 2 N–H and O–H groups in total. The van der Waals surface area contributed by atoms with Gasteiger partial charge in [0.25, 0.3) is 0 Å². The number of nitrogens with zero attached hydrogens (tertiary/aromatic N) is 2. The van der Waals surface area contributed by atoms with Gasteiger partial charge in [-0.15, -0.1) is 35.3 Å². The number of halogens is 1. The van der Waals surface area contributed by atoms with Crippen molar-refractivity contribution >= 4 is 41.3 Å². The molecule has 4 unspecified atom stereocenters. The molecule has 5 rings (SSSR count). The summed E-state index contributed by atoms with van der Waals surface area (Å²) in [6.45, 7) is 5.42. The van der Waals surface area contributed by atoms with Crippen molar-refractivity contribution in [2.45, 2.75) is 43.9 Å². The van der Waals surface area contributed by atoms with Crippen LogP contribution >= 0.6 is 35.3 Å². The Hall–Kier alpha value is -0.420. The molecule has 0 aromatic carbocycles. The maximum Gasteiger partial charge on any atom is 0.191 e. The molecular formula is C21H33IN4O2S. The number of aliphatic imine (C=N–C) groups is 1. The van der Waals surface area contributed by atoms with Gasteiger partial charge in [0.15, 0.2) is 5.96 Å². The molecule has 2 aliphatic carbocycles. The van der Waals surface area contributed by atoms with Crippen LogP contribution in [0.1, 0.15) is 36.6 Å². The van der Waals surface area contributed by atoms with Gasteiger partial charge < -0.3 is 20.1 Å². The molecule has 4 atom stereocenters. The first-order chi connectivity index (χ1) is 13.8. The minimum absolute atomic E-state index is 0. The molecule has 1 aromatic rings. The fourth-order valence-electron chi connectivity index (χ4n) is 5.77. The summed E-state index contributed by atoms with van der Waals surface area (Å²) in [6, 6.07) is 5.28. The second-order valence-corrected chi connectivity index (χ2v) is 9.56. The summed E-state index contributed by atoms with van der Waals surface area (Å²) < 4.78 is 11.6. The van der Waals surface area contributed by atoms with E-state index in [2.05, 4.69) is 38.0 Å². The van der Waals surface area contributed by atoms with Crippen molar-refractivity contribution in [1.82, 2.24) is 15.5 Å². The van der Waals surface area contributed by atoms with Crippen molar-refractivity contribution in [3.05, 3.63) is 22.4 Å². The largest absolute Gasteiger partial charge is 0.379 e. The van der Waals surface area contributed by atoms with Crippen molar-refractivity contribution in [3.63, 3.8) is 0 Å². The molecule has 162 valence electrons. The number of fused-ring (bicyclic) bond motifs is 2. The summed E-state index contributed by atoms with van der Waals surface area (Å²) in [5.74, 6) is 1.60. The average molecular weight is 532 g/mol. The molecule has 1 aromatic heterocycles. The molecule has 0 amide bonds.